The number of amides is 2. The number of urea groups is 1. The lowest BCUT2D eigenvalue weighted by atomic mass is 10.2. The molecule has 0 unspecified atom stereocenters. The van der Waals surface area contributed by atoms with Crippen molar-refractivity contribution < 1.29 is 9.53 Å². The quantitative estimate of drug-likeness (QED) is 0.863. The van der Waals surface area contributed by atoms with Crippen LogP contribution in [0.25, 0.3) is 0 Å². The molecule has 3 rings (SSSR count). The van der Waals surface area contributed by atoms with E-state index in [1.165, 1.54) is 0 Å². The third-order valence-corrected chi connectivity index (χ3v) is 4.65. The van der Waals surface area contributed by atoms with Crippen LogP contribution >= 0.6 is 11.6 Å². The summed E-state index contributed by atoms with van der Waals surface area (Å²) >= 11 is 6.07. The zero-order valence-corrected chi connectivity index (χ0v) is 15.9. The van der Waals surface area contributed by atoms with Crippen molar-refractivity contribution in [2.45, 2.75) is 13.8 Å². The molecule has 2 aromatic rings. The second kappa shape index (κ2) is 8.32. The van der Waals surface area contributed by atoms with Crippen LogP contribution in [0.4, 0.5) is 16.2 Å². The summed E-state index contributed by atoms with van der Waals surface area (Å²) in [6.45, 7) is 7.37. The summed E-state index contributed by atoms with van der Waals surface area (Å²) in [5, 5.41) is 3.71. The maximum Gasteiger partial charge on any atom is 0.322 e. The van der Waals surface area contributed by atoms with Crippen LogP contribution in [0.5, 0.6) is 5.75 Å². The number of nitrogens with one attached hydrogen (secondary N) is 1. The number of anilines is 2. The fourth-order valence-corrected chi connectivity index (χ4v) is 3.23. The van der Waals surface area contributed by atoms with Gasteiger partial charge in [-0.3, -0.25) is 0 Å². The maximum atomic E-state index is 12.6. The number of ether oxygens (including phenoxy) is 1. The number of benzene rings is 2. The molecule has 26 heavy (non-hydrogen) atoms. The highest BCUT2D eigenvalue weighted by Crippen LogP contribution is 2.26. The van der Waals surface area contributed by atoms with E-state index in [4.69, 9.17) is 16.3 Å². The lowest BCUT2D eigenvalue weighted by Gasteiger charge is -2.36. The SMILES string of the molecule is CCOc1cc(C)ccc1NC(=O)N1CCN(c2cccc(Cl)c2)CC1. The Morgan fingerprint density at radius 2 is 1.92 bits per heavy atom. The first-order chi connectivity index (χ1) is 12.6. The Morgan fingerprint density at radius 3 is 2.62 bits per heavy atom. The number of hydrogen-bond acceptors (Lipinski definition) is 3. The highest BCUT2D eigenvalue weighted by atomic mass is 35.5. The third-order valence-electron chi connectivity index (χ3n) is 4.42. The van der Waals surface area contributed by atoms with Gasteiger partial charge in [0.2, 0.25) is 0 Å². The molecule has 5 nitrogen and oxygen atoms in total. The minimum atomic E-state index is -0.0967. The van der Waals surface area contributed by atoms with Crippen LogP contribution < -0.4 is 15.0 Å². The Morgan fingerprint density at radius 1 is 1.15 bits per heavy atom. The second-order valence-corrected chi connectivity index (χ2v) is 6.75. The molecule has 1 heterocycles. The third kappa shape index (κ3) is 4.41. The van der Waals surface area contributed by atoms with Crippen molar-refractivity contribution in [1.29, 1.82) is 0 Å². The van der Waals surface area contributed by atoms with Crippen LogP contribution in [0.15, 0.2) is 42.5 Å². The van der Waals surface area contributed by atoms with E-state index in [1.807, 2.05) is 61.2 Å². The smallest absolute Gasteiger partial charge is 0.322 e. The van der Waals surface area contributed by atoms with Crippen LogP contribution in [0.3, 0.4) is 0 Å². The van der Waals surface area contributed by atoms with Crippen molar-refractivity contribution in [3.8, 4) is 5.75 Å². The standard InChI is InChI=1S/C20H24ClN3O2/c1-3-26-19-13-15(2)7-8-18(19)22-20(25)24-11-9-23(10-12-24)17-6-4-5-16(21)14-17/h4-8,13-14H,3,9-12H2,1-2H3,(H,22,25). The maximum absolute atomic E-state index is 12.6. The van der Waals surface area contributed by atoms with E-state index in [0.717, 1.165) is 29.4 Å². The predicted octanol–water partition coefficient (Wildman–Crippen LogP) is 4.40. The highest BCUT2D eigenvalue weighted by molar-refractivity contribution is 6.30. The molecule has 2 amide bonds. The Labute approximate surface area is 159 Å². The number of halogens is 1. The molecule has 1 aliphatic rings. The predicted molar refractivity (Wildman–Crippen MR) is 107 cm³/mol. The lowest BCUT2D eigenvalue weighted by Crippen LogP contribution is -2.50. The number of rotatable bonds is 4. The van der Waals surface area contributed by atoms with Crippen molar-refractivity contribution in [3.05, 3.63) is 53.1 Å². The van der Waals surface area contributed by atoms with Gasteiger partial charge in [0.1, 0.15) is 5.75 Å². The van der Waals surface area contributed by atoms with Crippen LogP contribution in [0, 0.1) is 6.92 Å². The minimum absolute atomic E-state index is 0.0967. The highest BCUT2D eigenvalue weighted by Gasteiger charge is 2.22. The number of piperazine rings is 1. The van der Waals surface area contributed by atoms with Crippen molar-refractivity contribution >= 4 is 29.0 Å². The summed E-state index contributed by atoms with van der Waals surface area (Å²) in [5.41, 5.74) is 2.90. The Balaban J connectivity index is 1.60. The average Bonchev–Trinajstić information content (AvgIpc) is 2.64. The van der Waals surface area contributed by atoms with E-state index < -0.39 is 0 Å². The molecule has 0 aliphatic carbocycles. The molecule has 0 saturated carbocycles. The molecule has 2 aromatic carbocycles. The van der Waals surface area contributed by atoms with Gasteiger partial charge in [-0.05, 0) is 49.7 Å². The molecule has 6 heteroatoms. The molecule has 0 radical (unpaired) electrons. The van der Waals surface area contributed by atoms with Gasteiger partial charge in [0.05, 0.1) is 12.3 Å². The normalized spacial score (nSPS) is 14.3. The topological polar surface area (TPSA) is 44.8 Å². The summed E-state index contributed by atoms with van der Waals surface area (Å²) in [6.07, 6.45) is 0. The minimum Gasteiger partial charge on any atom is -0.492 e. The van der Waals surface area contributed by atoms with E-state index in [2.05, 4.69) is 10.2 Å². The zero-order chi connectivity index (χ0) is 18.5. The largest absolute Gasteiger partial charge is 0.492 e. The van der Waals surface area contributed by atoms with Crippen molar-refractivity contribution in [3.63, 3.8) is 0 Å². The summed E-state index contributed by atoms with van der Waals surface area (Å²) in [7, 11) is 0. The van der Waals surface area contributed by atoms with Gasteiger partial charge in [0.25, 0.3) is 0 Å². The molecule has 0 atom stereocenters. The van der Waals surface area contributed by atoms with E-state index in [9.17, 15) is 4.79 Å². The number of hydrogen-bond donors (Lipinski definition) is 1. The van der Waals surface area contributed by atoms with Crippen LogP contribution in [0.1, 0.15) is 12.5 Å². The lowest BCUT2D eigenvalue weighted by molar-refractivity contribution is 0.208. The molecule has 1 saturated heterocycles. The van der Waals surface area contributed by atoms with Gasteiger partial charge < -0.3 is 19.9 Å². The number of carbonyl (C=O) groups excluding carboxylic acids is 1. The fraction of sp³-hybridized carbons (Fsp3) is 0.350. The van der Waals surface area contributed by atoms with E-state index in [0.29, 0.717) is 31.1 Å². The van der Waals surface area contributed by atoms with Gasteiger partial charge in [-0.15, -0.1) is 0 Å². The molecular weight excluding hydrogens is 350 g/mol. The summed E-state index contributed by atoms with van der Waals surface area (Å²) in [4.78, 5) is 16.7. The first-order valence-electron chi connectivity index (χ1n) is 8.86. The van der Waals surface area contributed by atoms with E-state index >= 15 is 0 Å². The van der Waals surface area contributed by atoms with Crippen molar-refractivity contribution in [2.75, 3.05) is 43.0 Å². The van der Waals surface area contributed by atoms with Crippen LogP contribution in [-0.4, -0.2) is 43.7 Å². The first kappa shape index (κ1) is 18.4. The van der Waals surface area contributed by atoms with Gasteiger partial charge in [-0.2, -0.15) is 0 Å². The monoisotopic (exact) mass is 373 g/mol. The number of aryl methyl sites for hydroxylation is 1. The Bertz CT molecular complexity index is 773. The summed E-state index contributed by atoms with van der Waals surface area (Å²) in [5.74, 6) is 0.707. The first-order valence-corrected chi connectivity index (χ1v) is 9.24. The van der Waals surface area contributed by atoms with Crippen molar-refractivity contribution in [1.82, 2.24) is 4.90 Å². The number of carbonyl (C=O) groups is 1. The van der Waals surface area contributed by atoms with Crippen LogP contribution in [-0.2, 0) is 0 Å². The molecule has 0 aromatic heterocycles. The van der Waals surface area contributed by atoms with E-state index in [1.54, 1.807) is 0 Å². The average molecular weight is 374 g/mol. The summed E-state index contributed by atoms with van der Waals surface area (Å²) in [6, 6.07) is 13.5. The molecule has 0 bridgehead atoms. The van der Waals surface area contributed by atoms with Gasteiger partial charge in [0.15, 0.2) is 0 Å². The summed E-state index contributed by atoms with van der Waals surface area (Å²) < 4.78 is 5.64. The molecule has 1 fully saturated rings. The fourth-order valence-electron chi connectivity index (χ4n) is 3.04. The second-order valence-electron chi connectivity index (χ2n) is 6.32. The van der Waals surface area contributed by atoms with Crippen LogP contribution in [0.2, 0.25) is 5.02 Å². The molecule has 1 aliphatic heterocycles. The van der Waals surface area contributed by atoms with Gasteiger partial charge in [0, 0.05) is 36.9 Å². The molecular formula is C20H24ClN3O2. The van der Waals surface area contributed by atoms with Crippen molar-refractivity contribution in [2.24, 2.45) is 0 Å². The van der Waals surface area contributed by atoms with Gasteiger partial charge in [-0.1, -0.05) is 23.7 Å². The Kier molecular flexibility index (Phi) is 5.89. The molecule has 1 N–H and O–H groups in total. The Hall–Kier alpha value is -2.40. The molecule has 0 spiro atoms. The van der Waals surface area contributed by atoms with E-state index in [-0.39, 0.29) is 6.03 Å². The van der Waals surface area contributed by atoms with Gasteiger partial charge >= 0.3 is 6.03 Å². The van der Waals surface area contributed by atoms with Gasteiger partial charge in [-0.25, -0.2) is 4.79 Å². The zero-order valence-electron chi connectivity index (χ0n) is 15.2. The number of nitrogens with zero attached hydrogens (tertiary/aromatic N) is 2. The molecule has 138 valence electrons.